The van der Waals surface area contributed by atoms with Crippen LogP contribution in [0.5, 0.6) is 11.5 Å². The molecule has 89 heavy (non-hydrogen) atoms. The van der Waals surface area contributed by atoms with Crippen LogP contribution in [-0.2, 0) is 22.6 Å². The van der Waals surface area contributed by atoms with Crippen molar-refractivity contribution in [3.63, 3.8) is 0 Å². The lowest BCUT2D eigenvalue weighted by molar-refractivity contribution is 0.411. The van der Waals surface area contributed by atoms with Crippen LogP contribution in [0.4, 0.5) is 22.7 Å². The van der Waals surface area contributed by atoms with Gasteiger partial charge in [0, 0.05) is 68.8 Å². The number of rotatable bonds is 11. The van der Waals surface area contributed by atoms with E-state index in [0.717, 1.165) is 83.5 Å². The minimum Gasteiger partial charge on any atom is -0.457 e. The van der Waals surface area contributed by atoms with E-state index in [1.807, 2.05) is 32.9 Å². The number of ether oxygens (including phenoxy) is 1. The third-order valence-corrected chi connectivity index (χ3v) is 18.8. The number of para-hydroxylation sites is 2. The molecule has 450 valence electrons. The third kappa shape index (κ3) is 11.2. The van der Waals surface area contributed by atoms with Crippen molar-refractivity contribution in [2.24, 2.45) is 5.41 Å². The molecule has 5 nitrogen and oxygen atoms in total. The molecule has 0 atom stereocenters. The standard InChI is InChI=1S/C83H86N4OS/c1-51(2)63-28-24-29-64(52(3)4)76(63)56-42-60(47-62(43-56)88-61-33-34-67-73(48-61)87(75-39-53(37-38-84-75)49-80(5,6)7)72-36-35-66-65-27-20-23-32-74(65)89-79(66)77(67)72)85-50-86(71-31-22-21-30-70(71)85)78-68(54-25-18-17-19-26-54)45-59(83(14,15)16)46-69(78)55-40-57(81(8,9)10)44-58(41-55)82(11,12)13/h17-48,51-52H,49-50H2,1-16H3/i17D,18D,19D,25D,26D,49D2. The van der Waals surface area contributed by atoms with E-state index in [-0.39, 0.29) is 59.1 Å². The minimum atomic E-state index is -1.67. The summed E-state index contributed by atoms with van der Waals surface area (Å²) in [5.41, 5.74) is 14.6. The van der Waals surface area contributed by atoms with E-state index in [1.54, 1.807) is 23.6 Å². The highest BCUT2D eigenvalue weighted by Crippen LogP contribution is 2.54. The summed E-state index contributed by atoms with van der Waals surface area (Å²) in [7, 11) is 0. The zero-order valence-electron chi connectivity index (χ0n) is 61.6. The van der Waals surface area contributed by atoms with Gasteiger partial charge in [-0.25, -0.2) is 4.98 Å². The number of aromatic nitrogens is 2. The van der Waals surface area contributed by atoms with Gasteiger partial charge in [0.1, 0.15) is 24.0 Å². The summed E-state index contributed by atoms with van der Waals surface area (Å²) in [6.45, 7) is 35.0. The molecule has 0 bridgehead atoms. The summed E-state index contributed by atoms with van der Waals surface area (Å²) in [5.74, 6) is 2.19. The van der Waals surface area contributed by atoms with Gasteiger partial charge in [0.2, 0.25) is 0 Å². The molecule has 1 aliphatic rings. The summed E-state index contributed by atoms with van der Waals surface area (Å²) >= 11 is 1.78. The van der Waals surface area contributed by atoms with E-state index in [1.165, 1.54) is 31.3 Å². The molecule has 0 spiro atoms. The highest BCUT2D eigenvalue weighted by molar-refractivity contribution is 7.26. The fourth-order valence-electron chi connectivity index (χ4n) is 13.0. The smallest absolute Gasteiger partial charge is 0.137 e. The number of nitrogens with zero attached hydrogens (tertiary/aromatic N) is 4. The van der Waals surface area contributed by atoms with Crippen LogP contribution in [0.1, 0.15) is 166 Å². The maximum atomic E-state index is 9.71. The van der Waals surface area contributed by atoms with Crippen LogP contribution in [0.2, 0.25) is 0 Å². The fourth-order valence-corrected chi connectivity index (χ4v) is 14.3. The molecule has 0 saturated heterocycles. The van der Waals surface area contributed by atoms with Crippen LogP contribution in [-0.4, -0.2) is 16.2 Å². The first-order valence-electron chi connectivity index (χ1n) is 35.0. The molecule has 0 aliphatic carbocycles. The zero-order chi connectivity index (χ0) is 68.8. The maximum absolute atomic E-state index is 9.71. The Kier molecular flexibility index (Phi) is 12.9. The van der Waals surface area contributed by atoms with Crippen molar-refractivity contribution in [1.29, 1.82) is 0 Å². The zero-order valence-corrected chi connectivity index (χ0v) is 55.4. The Morgan fingerprint density at radius 2 is 1.16 bits per heavy atom. The molecule has 12 aromatic rings. The SMILES string of the molecule is [2H]c1c([2H])c([2H])c(-c2cc(C(C)(C)C)cc(-c3cc(C(C)(C)C)cc(C(C)(C)C)c3)c2N2CN(c3cc(Oc4ccc5c6c7sc8ccccc8c7ccc6n(-c6cc(C([2H])([2H])C(C)(C)C)ccn6)c5c4)cc(-c4c(C(C)C)cccc4C(C)C)c3)c3ccccc32)c([2H])c1[2H]. The fraction of sp³-hybridized carbons (Fsp3) is 0.289. The Morgan fingerprint density at radius 1 is 0.539 bits per heavy atom. The van der Waals surface area contributed by atoms with Crippen LogP contribution in [0.3, 0.4) is 0 Å². The first-order valence-corrected chi connectivity index (χ1v) is 32.3. The van der Waals surface area contributed by atoms with Crippen LogP contribution in [0.25, 0.3) is 81.2 Å². The van der Waals surface area contributed by atoms with Gasteiger partial charge in [0.25, 0.3) is 0 Å². The summed E-state index contributed by atoms with van der Waals surface area (Å²) in [6.07, 6.45) is 0.0521. The average molecular weight is 1190 g/mol. The van der Waals surface area contributed by atoms with E-state index in [4.69, 9.17) is 13.8 Å². The van der Waals surface area contributed by atoms with Crippen molar-refractivity contribution >= 4 is 76.1 Å². The van der Waals surface area contributed by atoms with Gasteiger partial charge in [-0.05, 0) is 168 Å². The van der Waals surface area contributed by atoms with Crippen molar-refractivity contribution in [1.82, 2.24) is 9.55 Å². The Morgan fingerprint density at radius 3 is 1.81 bits per heavy atom. The highest BCUT2D eigenvalue weighted by atomic mass is 32.1. The number of hydrogen-bond donors (Lipinski definition) is 0. The Labute approximate surface area is 542 Å². The van der Waals surface area contributed by atoms with Gasteiger partial charge < -0.3 is 14.5 Å². The van der Waals surface area contributed by atoms with Crippen molar-refractivity contribution in [3.8, 4) is 50.7 Å². The Bertz CT molecular complexity index is 5040. The predicted molar refractivity (Wildman–Crippen MR) is 384 cm³/mol. The lowest BCUT2D eigenvalue weighted by Crippen LogP contribution is -2.25. The summed E-state index contributed by atoms with van der Waals surface area (Å²) in [6, 6.07) is 54.1. The molecule has 0 unspecified atom stereocenters. The quantitative estimate of drug-likeness (QED) is 0.129. The molecule has 6 heteroatoms. The van der Waals surface area contributed by atoms with E-state index in [9.17, 15) is 5.48 Å². The highest BCUT2D eigenvalue weighted by Gasteiger charge is 2.35. The van der Waals surface area contributed by atoms with E-state index < -0.39 is 23.2 Å². The van der Waals surface area contributed by atoms with Gasteiger partial charge in [-0.2, -0.15) is 0 Å². The lowest BCUT2D eigenvalue weighted by Gasteiger charge is -2.32. The number of thiophene rings is 1. The molecule has 4 heterocycles. The van der Waals surface area contributed by atoms with Crippen molar-refractivity contribution in [2.75, 3.05) is 16.5 Å². The van der Waals surface area contributed by atoms with E-state index in [0.29, 0.717) is 28.4 Å². The monoisotopic (exact) mass is 1190 g/mol. The molecule has 0 amide bonds. The minimum absolute atomic E-state index is 0.144. The number of anilines is 4. The third-order valence-electron chi connectivity index (χ3n) is 17.6. The van der Waals surface area contributed by atoms with Gasteiger partial charge in [0.05, 0.1) is 34.9 Å². The van der Waals surface area contributed by atoms with Crippen molar-refractivity contribution in [3.05, 3.63) is 228 Å². The van der Waals surface area contributed by atoms with Crippen LogP contribution in [0, 0.1) is 5.41 Å². The topological polar surface area (TPSA) is 33.5 Å². The largest absolute Gasteiger partial charge is 0.457 e. The second-order valence-electron chi connectivity index (χ2n) is 29.1. The van der Waals surface area contributed by atoms with Gasteiger partial charge >= 0.3 is 0 Å². The molecule has 0 N–H and O–H groups in total. The molecule has 1 aliphatic heterocycles. The van der Waals surface area contributed by atoms with Crippen molar-refractivity contribution in [2.45, 2.75) is 145 Å². The summed E-state index contributed by atoms with van der Waals surface area (Å²) in [5, 5.41) is 4.49. The molecular weight excluding hydrogens is 1100 g/mol. The second kappa shape index (κ2) is 22.2. The number of hydrogen-bond acceptors (Lipinski definition) is 5. The number of fused-ring (bicyclic) bond motifs is 8. The predicted octanol–water partition coefficient (Wildman–Crippen LogP) is 24.3. The van der Waals surface area contributed by atoms with Crippen molar-refractivity contribution < 1.29 is 14.3 Å². The molecule has 3 aromatic heterocycles. The lowest BCUT2D eigenvalue weighted by atomic mass is 9.77. The van der Waals surface area contributed by atoms with E-state index in [2.05, 4.69) is 244 Å². The first kappa shape index (κ1) is 51.4. The van der Waals surface area contributed by atoms with Gasteiger partial charge in [-0.3, -0.25) is 4.57 Å². The molecule has 0 radical (unpaired) electrons. The van der Waals surface area contributed by atoms with Gasteiger partial charge in [-0.1, -0.05) is 214 Å². The summed E-state index contributed by atoms with van der Waals surface area (Å²) < 4.78 is 77.3. The van der Waals surface area contributed by atoms with Gasteiger partial charge in [-0.15, -0.1) is 11.3 Å². The van der Waals surface area contributed by atoms with Gasteiger partial charge in [0.15, 0.2) is 0 Å². The normalized spacial score (nSPS) is 14.6. The van der Waals surface area contributed by atoms with Crippen LogP contribution in [0.15, 0.2) is 194 Å². The average Bonchev–Trinajstić information content (AvgIpc) is 1.50. The molecule has 0 saturated carbocycles. The van der Waals surface area contributed by atoms with Crippen LogP contribution < -0.4 is 14.5 Å². The second-order valence-corrected chi connectivity index (χ2v) is 30.2. The number of benzene rings is 9. The maximum Gasteiger partial charge on any atom is 0.137 e. The first-order chi connectivity index (χ1) is 45.1. The van der Waals surface area contributed by atoms with E-state index >= 15 is 0 Å². The Hall–Kier alpha value is -8.45. The molecule has 0 fully saturated rings. The Balaban J connectivity index is 1.05. The molecule has 9 aromatic carbocycles. The number of pyridine rings is 1. The molecule has 13 rings (SSSR count). The van der Waals surface area contributed by atoms with Crippen LogP contribution >= 0.6 is 11.3 Å². The molecular formula is C83H86N4OS. The summed E-state index contributed by atoms with van der Waals surface area (Å²) in [4.78, 5) is 9.63.